The molecule has 204 valence electrons. The van der Waals surface area contributed by atoms with E-state index in [0.29, 0.717) is 30.6 Å². The Morgan fingerprint density at radius 2 is 1.77 bits per heavy atom. The number of nitrogens with one attached hydrogen (secondary N) is 3. The normalized spacial score (nSPS) is 18.2. The van der Waals surface area contributed by atoms with Gasteiger partial charge in [0.25, 0.3) is 5.56 Å². The van der Waals surface area contributed by atoms with Crippen LogP contribution in [0.4, 0.5) is 5.82 Å². The molecule has 3 aromatic carbocycles. The number of amides is 1. The highest BCUT2D eigenvalue weighted by Gasteiger charge is 2.39. The van der Waals surface area contributed by atoms with E-state index in [0.717, 1.165) is 41.2 Å². The molecule has 1 fully saturated rings. The van der Waals surface area contributed by atoms with Gasteiger partial charge in [0.2, 0.25) is 5.91 Å². The van der Waals surface area contributed by atoms with Crippen molar-refractivity contribution in [3.8, 4) is 0 Å². The van der Waals surface area contributed by atoms with Crippen LogP contribution in [0.1, 0.15) is 60.0 Å². The largest absolute Gasteiger partial charge is 0.384 e. The van der Waals surface area contributed by atoms with Crippen molar-refractivity contribution >= 4 is 39.9 Å². The van der Waals surface area contributed by atoms with Gasteiger partial charge in [0.1, 0.15) is 11.9 Å². The standard InChI is InChI=1S/C31H31ClN6O2/c32-27-26-23(15-19-10-11-20-4-1-2-5-22(20)14-19)16-25(38(26)31(40)29(37-27)36-24-6-3-7-24)30(39)35-17-18-8-12-21(13-9-18)28(33)34/h1-2,4-5,8-14,23-25H,3,6-7,15-17H2,(H3,33,34)(H,35,39)(H,36,37)/t23-,25-/m0/s1. The molecule has 0 saturated heterocycles. The third kappa shape index (κ3) is 5.07. The summed E-state index contributed by atoms with van der Waals surface area (Å²) in [6.07, 6.45) is 4.17. The lowest BCUT2D eigenvalue weighted by Gasteiger charge is -2.27. The van der Waals surface area contributed by atoms with Crippen molar-refractivity contribution in [1.29, 1.82) is 5.41 Å². The number of nitrogens with zero attached hydrogens (tertiary/aromatic N) is 2. The van der Waals surface area contributed by atoms with E-state index in [1.165, 1.54) is 0 Å². The van der Waals surface area contributed by atoms with E-state index in [4.69, 9.17) is 22.7 Å². The number of rotatable bonds is 8. The molecule has 0 bridgehead atoms. The maximum absolute atomic E-state index is 13.7. The van der Waals surface area contributed by atoms with Gasteiger partial charge in [-0.25, -0.2) is 4.98 Å². The molecule has 5 N–H and O–H groups in total. The van der Waals surface area contributed by atoms with Crippen molar-refractivity contribution in [1.82, 2.24) is 14.9 Å². The number of benzene rings is 3. The van der Waals surface area contributed by atoms with Crippen LogP contribution < -0.4 is 21.9 Å². The van der Waals surface area contributed by atoms with Crippen LogP contribution in [-0.4, -0.2) is 27.3 Å². The summed E-state index contributed by atoms with van der Waals surface area (Å²) in [4.78, 5) is 31.8. The van der Waals surface area contributed by atoms with Crippen LogP contribution >= 0.6 is 11.6 Å². The molecule has 1 saturated carbocycles. The summed E-state index contributed by atoms with van der Waals surface area (Å²) in [7, 11) is 0. The van der Waals surface area contributed by atoms with Crippen molar-refractivity contribution < 1.29 is 4.79 Å². The maximum atomic E-state index is 13.7. The zero-order valence-electron chi connectivity index (χ0n) is 22.0. The number of hydrogen-bond acceptors (Lipinski definition) is 5. The number of amidine groups is 1. The molecule has 8 nitrogen and oxygen atoms in total. The minimum absolute atomic E-state index is 0.00761. The summed E-state index contributed by atoms with van der Waals surface area (Å²) in [5, 5.41) is 16.4. The summed E-state index contributed by atoms with van der Waals surface area (Å²) >= 11 is 6.76. The third-order valence-electron chi connectivity index (χ3n) is 8.08. The highest BCUT2D eigenvalue weighted by atomic mass is 35.5. The molecule has 0 spiro atoms. The molecular formula is C31H31ClN6O2. The minimum Gasteiger partial charge on any atom is -0.384 e. The Kier molecular flexibility index (Phi) is 7.02. The molecular weight excluding hydrogens is 524 g/mol. The number of fused-ring (bicyclic) bond motifs is 2. The molecule has 2 atom stereocenters. The van der Waals surface area contributed by atoms with Gasteiger partial charge in [-0.15, -0.1) is 0 Å². The number of aromatic nitrogens is 2. The molecule has 6 rings (SSSR count). The number of hydrogen-bond donors (Lipinski definition) is 4. The monoisotopic (exact) mass is 554 g/mol. The van der Waals surface area contributed by atoms with Crippen LogP contribution in [0.5, 0.6) is 0 Å². The van der Waals surface area contributed by atoms with E-state index in [1.54, 1.807) is 16.7 Å². The fourth-order valence-corrected chi connectivity index (χ4v) is 6.02. The number of halogens is 1. The van der Waals surface area contributed by atoms with Crippen molar-refractivity contribution in [2.24, 2.45) is 5.73 Å². The van der Waals surface area contributed by atoms with E-state index in [2.05, 4.69) is 45.9 Å². The first-order valence-electron chi connectivity index (χ1n) is 13.6. The zero-order chi connectivity index (χ0) is 27.8. The number of nitrogens with two attached hydrogens (primary N) is 1. The van der Waals surface area contributed by atoms with Crippen LogP contribution in [0.15, 0.2) is 71.5 Å². The number of carbonyl (C=O) groups excluding carboxylic acids is 1. The van der Waals surface area contributed by atoms with Crippen molar-refractivity contribution in [2.75, 3.05) is 5.32 Å². The van der Waals surface area contributed by atoms with E-state index in [9.17, 15) is 9.59 Å². The van der Waals surface area contributed by atoms with Gasteiger partial charge in [0, 0.05) is 24.1 Å². The molecule has 2 aliphatic rings. The number of anilines is 1. The molecule has 9 heteroatoms. The van der Waals surface area contributed by atoms with Crippen LogP contribution in [0.3, 0.4) is 0 Å². The molecule has 1 aliphatic carbocycles. The second kappa shape index (κ2) is 10.8. The van der Waals surface area contributed by atoms with E-state index >= 15 is 0 Å². The van der Waals surface area contributed by atoms with Crippen LogP contribution in [0.2, 0.25) is 5.15 Å². The Hall–Kier alpha value is -4.17. The molecule has 40 heavy (non-hydrogen) atoms. The summed E-state index contributed by atoms with van der Waals surface area (Å²) in [6, 6.07) is 21.2. The zero-order valence-corrected chi connectivity index (χ0v) is 22.7. The Bertz CT molecular complexity index is 1660. The maximum Gasteiger partial charge on any atom is 0.294 e. The Balaban J connectivity index is 1.29. The van der Waals surface area contributed by atoms with Gasteiger partial charge < -0.3 is 16.4 Å². The predicted molar refractivity (Wildman–Crippen MR) is 158 cm³/mol. The number of nitrogen functional groups attached to an aromatic ring is 1. The quantitative estimate of drug-likeness (QED) is 0.182. The van der Waals surface area contributed by atoms with Gasteiger partial charge in [0.15, 0.2) is 11.0 Å². The first kappa shape index (κ1) is 26.1. The van der Waals surface area contributed by atoms with Crippen molar-refractivity contribution in [3.63, 3.8) is 0 Å². The molecule has 4 aromatic rings. The Morgan fingerprint density at radius 3 is 2.48 bits per heavy atom. The second-order valence-electron chi connectivity index (χ2n) is 10.7. The smallest absolute Gasteiger partial charge is 0.294 e. The highest BCUT2D eigenvalue weighted by molar-refractivity contribution is 6.30. The first-order valence-corrected chi connectivity index (χ1v) is 14.0. The lowest BCUT2D eigenvalue weighted by atomic mass is 9.92. The second-order valence-corrected chi connectivity index (χ2v) is 11.1. The first-order chi connectivity index (χ1) is 19.4. The van der Waals surface area contributed by atoms with Gasteiger partial charge in [-0.1, -0.05) is 78.3 Å². The van der Waals surface area contributed by atoms with E-state index < -0.39 is 6.04 Å². The predicted octanol–water partition coefficient (Wildman–Crippen LogP) is 4.89. The molecule has 0 unspecified atom stereocenters. The van der Waals surface area contributed by atoms with Crippen molar-refractivity contribution in [2.45, 2.75) is 56.7 Å². The average molecular weight is 555 g/mol. The summed E-state index contributed by atoms with van der Waals surface area (Å²) in [5.41, 5.74) is 8.47. The summed E-state index contributed by atoms with van der Waals surface area (Å²) in [5.74, 6) is -0.178. The topological polar surface area (TPSA) is 126 Å². The van der Waals surface area contributed by atoms with Gasteiger partial charge in [-0.3, -0.25) is 19.6 Å². The molecule has 1 aliphatic heterocycles. The molecule has 2 heterocycles. The average Bonchev–Trinajstić information content (AvgIpc) is 3.32. The Labute approximate surface area is 237 Å². The Morgan fingerprint density at radius 1 is 1.05 bits per heavy atom. The lowest BCUT2D eigenvalue weighted by Crippen LogP contribution is -2.38. The molecule has 0 radical (unpaired) electrons. The summed E-state index contributed by atoms with van der Waals surface area (Å²) in [6.45, 7) is 0.291. The van der Waals surface area contributed by atoms with E-state index in [-0.39, 0.29) is 40.2 Å². The van der Waals surface area contributed by atoms with Gasteiger partial charge >= 0.3 is 0 Å². The SMILES string of the molecule is N=C(N)c1ccc(CNC(=O)[C@@H]2C[C@H](Cc3ccc4ccccc4c3)c3c(Cl)nc(NC4CCC4)c(=O)n32)cc1. The number of carbonyl (C=O) groups is 1. The van der Waals surface area contributed by atoms with Gasteiger partial charge in [-0.2, -0.15) is 0 Å². The molecule has 1 aromatic heterocycles. The molecule has 1 amide bonds. The van der Waals surface area contributed by atoms with E-state index in [1.807, 2.05) is 24.3 Å². The lowest BCUT2D eigenvalue weighted by molar-refractivity contribution is -0.124. The minimum atomic E-state index is -0.702. The van der Waals surface area contributed by atoms with Gasteiger partial charge in [0.05, 0.1) is 5.69 Å². The van der Waals surface area contributed by atoms with Crippen molar-refractivity contribution in [3.05, 3.63) is 105 Å². The fourth-order valence-electron chi connectivity index (χ4n) is 5.69. The van der Waals surface area contributed by atoms with Crippen LogP contribution in [-0.2, 0) is 17.8 Å². The highest BCUT2D eigenvalue weighted by Crippen LogP contribution is 2.41. The third-order valence-corrected chi connectivity index (χ3v) is 8.36. The summed E-state index contributed by atoms with van der Waals surface area (Å²) < 4.78 is 1.57. The van der Waals surface area contributed by atoms with Crippen LogP contribution in [0.25, 0.3) is 10.8 Å². The van der Waals surface area contributed by atoms with Gasteiger partial charge in [-0.05, 0) is 54.0 Å². The van der Waals surface area contributed by atoms with Crippen LogP contribution in [0, 0.1) is 5.41 Å². The fraction of sp³-hybridized carbons (Fsp3) is 0.290.